The zero-order valence-electron chi connectivity index (χ0n) is 12.4. The number of halogens is 1. The summed E-state index contributed by atoms with van der Waals surface area (Å²) in [7, 11) is 0. The van der Waals surface area contributed by atoms with Gasteiger partial charge in [0.05, 0.1) is 11.2 Å². The first-order valence-corrected chi connectivity index (χ1v) is 7.36. The summed E-state index contributed by atoms with van der Waals surface area (Å²) in [6.07, 6.45) is 3.87. The fraction of sp³-hybridized carbons (Fsp3) is 0.375. The molecule has 6 heteroatoms. The first-order chi connectivity index (χ1) is 10.5. The second-order valence-electron chi connectivity index (χ2n) is 5.97. The lowest BCUT2D eigenvalue weighted by molar-refractivity contribution is 0.0892. The molecule has 0 bridgehead atoms. The summed E-state index contributed by atoms with van der Waals surface area (Å²) in [4.78, 5) is 12.3. The second kappa shape index (κ2) is 5.53. The molecule has 22 heavy (non-hydrogen) atoms. The standard InChI is InChI=1S/C16H19FN4O/c1-16(10-18,11-2-3-11)19-15(22)14-8-9-21(20-14)13-6-4-12(17)5-7-13/h4-9,11H,2-3,10,18H2,1H3,(H,19,22). The summed E-state index contributed by atoms with van der Waals surface area (Å²) in [6.45, 7) is 2.38. The molecule has 3 rings (SSSR count). The van der Waals surface area contributed by atoms with Crippen LogP contribution < -0.4 is 11.1 Å². The second-order valence-corrected chi connectivity index (χ2v) is 5.97. The predicted molar refractivity (Wildman–Crippen MR) is 81.2 cm³/mol. The highest BCUT2D eigenvalue weighted by Gasteiger charge is 2.41. The van der Waals surface area contributed by atoms with Crippen LogP contribution in [-0.4, -0.2) is 27.8 Å². The number of nitrogens with two attached hydrogens (primary N) is 1. The Labute approximate surface area is 128 Å². The topological polar surface area (TPSA) is 72.9 Å². The van der Waals surface area contributed by atoms with Crippen LogP contribution >= 0.6 is 0 Å². The molecule has 1 heterocycles. The number of hydrogen-bond acceptors (Lipinski definition) is 3. The van der Waals surface area contributed by atoms with Gasteiger partial charge in [-0.2, -0.15) is 5.10 Å². The highest BCUT2D eigenvalue weighted by Crippen LogP contribution is 2.39. The monoisotopic (exact) mass is 302 g/mol. The number of rotatable bonds is 5. The number of carbonyl (C=O) groups is 1. The first-order valence-electron chi connectivity index (χ1n) is 7.36. The number of benzene rings is 1. The third-order valence-electron chi connectivity index (χ3n) is 4.21. The SMILES string of the molecule is CC(CN)(NC(=O)c1ccn(-c2ccc(F)cc2)n1)C1CC1. The molecule has 116 valence electrons. The molecule has 0 aliphatic heterocycles. The van der Waals surface area contributed by atoms with Crippen molar-refractivity contribution in [3.8, 4) is 5.69 Å². The van der Waals surface area contributed by atoms with Crippen LogP contribution in [0.1, 0.15) is 30.3 Å². The average Bonchev–Trinajstić information content (AvgIpc) is 3.26. The summed E-state index contributed by atoms with van der Waals surface area (Å²) >= 11 is 0. The van der Waals surface area contributed by atoms with Gasteiger partial charge in [-0.25, -0.2) is 9.07 Å². The number of carbonyl (C=O) groups excluding carboxylic acids is 1. The maximum Gasteiger partial charge on any atom is 0.272 e. The Morgan fingerprint density at radius 2 is 2.09 bits per heavy atom. The van der Waals surface area contributed by atoms with Gasteiger partial charge in [-0.05, 0) is 56.0 Å². The fourth-order valence-corrected chi connectivity index (χ4v) is 2.55. The normalized spacial score (nSPS) is 17.0. The highest BCUT2D eigenvalue weighted by molar-refractivity contribution is 5.92. The van der Waals surface area contributed by atoms with Gasteiger partial charge in [0.1, 0.15) is 5.82 Å². The van der Waals surface area contributed by atoms with Crippen molar-refractivity contribution < 1.29 is 9.18 Å². The summed E-state index contributed by atoms with van der Waals surface area (Å²) < 4.78 is 14.5. The summed E-state index contributed by atoms with van der Waals surface area (Å²) in [5.74, 6) is -0.0987. The Balaban J connectivity index is 1.75. The van der Waals surface area contributed by atoms with Crippen molar-refractivity contribution in [1.29, 1.82) is 0 Å². The van der Waals surface area contributed by atoms with Crippen molar-refractivity contribution >= 4 is 5.91 Å². The summed E-state index contributed by atoms with van der Waals surface area (Å²) in [6, 6.07) is 7.57. The number of nitrogens with zero attached hydrogens (tertiary/aromatic N) is 2. The van der Waals surface area contributed by atoms with E-state index in [4.69, 9.17) is 5.73 Å². The molecule has 1 unspecified atom stereocenters. The van der Waals surface area contributed by atoms with Crippen LogP contribution in [0.15, 0.2) is 36.5 Å². The summed E-state index contributed by atoms with van der Waals surface area (Å²) in [5.41, 5.74) is 6.45. The predicted octanol–water partition coefficient (Wildman–Crippen LogP) is 1.87. The van der Waals surface area contributed by atoms with Crippen LogP contribution in [0.2, 0.25) is 0 Å². The maximum atomic E-state index is 12.9. The molecular formula is C16H19FN4O. The van der Waals surface area contributed by atoms with E-state index in [1.54, 1.807) is 29.1 Å². The van der Waals surface area contributed by atoms with E-state index in [2.05, 4.69) is 10.4 Å². The molecule has 1 aliphatic rings. The zero-order valence-corrected chi connectivity index (χ0v) is 12.4. The number of hydrogen-bond donors (Lipinski definition) is 2. The van der Waals surface area contributed by atoms with Gasteiger partial charge in [-0.1, -0.05) is 0 Å². The molecule has 0 spiro atoms. The number of nitrogens with one attached hydrogen (secondary N) is 1. The molecule has 3 N–H and O–H groups in total. The molecule has 1 fully saturated rings. The lowest BCUT2D eigenvalue weighted by Crippen LogP contribution is -2.53. The highest BCUT2D eigenvalue weighted by atomic mass is 19.1. The molecule has 1 atom stereocenters. The van der Waals surface area contributed by atoms with Gasteiger partial charge >= 0.3 is 0 Å². The minimum Gasteiger partial charge on any atom is -0.344 e. The molecule has 5 nitrogen and oxygen atoms in total. The third-order valence-corrected chi connectivity index (χ3v) is 4.21. The van der Waals surface area contributed by atoms with Gasteiger partial charge in [0, 0.05) is 12.7 Å². The van der Waals surface area contributed by atoms with Gasteiger partial charge in [0.25, 0.3) is 5.91 Å². The maximum absolute atomic E-state index is 12.9. The van der Waals surface area contributed by atoms with Crippen LogP contribution in [0.25, 0.3) is 5.69 Å². The molecule has 0 radical (unpaired) electrons. The minimum atomic E-state index is -0.378. The Kier molecular flexibility index (Phi) is 3.70. The largest absolute Gasteiger partial charge is 0.344 e. The minimum absolute atomic E-state index is 0.235. The average molecular weight is 302 g/mol. The van der Waals surface area contributed by atoms with Crippen LogP contribution in [0.3, 0.4) is 0 Å². The zero-order chi connectivity index (χ0) is 15.7. The van der Waals surface area contributed by atoms with Crippen molar-refractivity contribution in [3.05, 3.63) is 48.0 Å². The van der Waals surface area contributed by atoms with Crippen molar-refractivity contribution in [2.24, 2.45) is 11.7 Å². The Morgan fingerprint density at radius 3 is 2.68 bits per heavy atom. The van der Waals surface area contributed by atoms with Crippen LogP contribution in [0.5, 0.6) is 0 Å². The number of aromatic nitrogens is 2. The van der Waals surface area contributed by atoms with Crippen molar-refractivity contribution in [2.45, 2.75) is 25.3 Å². The lowest BCUT2D eigenvalue weighted by atomic mass is 9.96. The van der Waals surface area contributed by atoms with Crippen molar-refractivity contribution in [1.82, 2.24) is 15.1 Å². The van der Waals surface area contributed by atoms with Crippen LogP contribution in [0, 0.1) is 11.7 Å². The van der Waals surface area contributed by atoms with Crippen molar-refractivity contribution in [3.63, 3.8) is 0 Å². The van der Waals surface area contributed by atoms with Gasteiger partial charge in [0.15, 0.2) is 5.69 Å². The number of amides is 1. The third kappa shape index (κ3) is 2.87. The first kappa shape index (κ1) is 14.7. The van der Waals surface area contributed by atoms with E-state index < -0.39 is 0 Å². The Hall–Kier alpha value is -2.21. The van der Waals surface area contributed by atoms with Gasteiger partial charge in [0.2, 0.25) is 0 Å². The lowest BCUT2D eigenvalue weighted by Gasteiger charge is -2.29. The molecule has 2 aromatic rings. The van der Waals surface area contributed by atoms with E-state index in [1.807, 2.05) is 6.92 Å². The molecule has 1 aromatic carbocycles. The summed E-state index contributed by atoms with van der Waals surface area (Å²) in [5, 5.41) is 7.25. The van der Waals surface area contributed by atoms with Gasteiger partial charge in [-0.15, -0.1) is 0 Å². The van der Waals surface area contributed by atoms with E-state index in [9.17, 15) is 9.18 Å². The fourth-order valence-electron chi connectivity index (χ4n) is 2.55. The molecule has 1 saturated carbocycles. The van der Waals surface area contributed by atoms with Crippen LogP contribution in [0.4, 0.5) is 4.39 Å². The quantitative estimate of drug-likeness (QED) is 0.885. The molecule has 1 amide bonds. The van der Waals surface area contributed by atoms with E-state index in [0.29, 0.717) is 23.8 Å². The Morgan fingerprint density at radius 1 is 1.41 bits per heavy atom. The van der Waals surface area contributed by atoms with Gasteiger partial charge in [-0.3, -0.25) is 4.79 Å². The van der Waals surface area contributed by atoms with Crippen LogP contribution in [-0.2, 0) is 0 Å². The van der Waals surface area contributed by atoms with Gasteiger partial charge < -0.3 is 11.1 Å². The molecule has 1 aromatic heterocycles. The van der Waals surface area contributed by atoms with Crippen molar-refractivity contribution in [2.75, 3.05) is 6.54 Å². The smallest absolute Gasteiger partial charge is 0.272 e. The van der Waals surface area contributed by atoms with E-state index >= 15 is 0 Å². The molecule has 0 saturated heterocycles. The molecule has 1 aliphatic carbocycles. The van der Waals surface area contributed by atoms with E-state index in [-0.39, 0.29) is 17.3 Å². The Bertz CT molecular complexity index is 678. The molecular weight excluding hydrogens is 283 g/mol. The van der Waals surface area contributed by atoms with E-state index in [0.717, 1.165) is 12.8 Å². The van der Waals surface area contributed by atoms with E-state index in [1.165, 1.54) is 12.1 Å².